The fourth-order valence-corrected chi connectivity index (χ4v) is 2.68. The Hall–Kier alpha value is -2.56. The monoisotopic (exact) mass is 297 g/mol. The molecular formula is C17H19N3O2. The molecule has 22 heavy (non-hydrogen) atoms. The molecule has 2 aromatic rings. The number of anilines is 1. The van der Waals surface area contributed by atoms with Gasteiger partial charge in [0.2, 0.25) is 5.91 Å². The van der Waals surface area contributed by atoms with E-state index in [1.165, 1.54) is 0 Å². The van der Waals surface area contributed by atoms with Gasteiger partial charge >= 0.3 is 6.03 Å². The number of benzene rings is 2. The Morgan fingerprint density at radius 2 is 1.73 bits per heavy atom. The predicted molar refractivity (Wildman–Crippen MR) is 86.8 cm³/mol. The highest BCUT2D eigenvalue weighted by molar-refractivity contribution is 5.95. The van der Waals surface area contributed by atoms with Gasteiger partial charge in [-0.3, -0.25) is 4.79 Å². The van der Waals surface area contributed by atoms with E-state index in [9.17, 15) is 9.59 Å². The highest BCUT2D eigenvalue weighted by atomic mass is 16.2. The minimum absolute atomic E-state index is 0.0221. The van der Waals surface area contributed by atoms with Gasteiger partial charge in [-0.25, -0.2) is 4.79 Å². The maximum atomic E-state index is 11.9. The van der Waals surface area contributed by atoms with Crippen LogP contribution < -0.4 is 10.6 Å². The molecule has 1 saturated heterocycles. The van der Waals surface area contributed by atoms with Crippen LogP contribution in [0.25, 0.3) is 10.8 Å². The zero-order valence-electron chi connectivity index (χ0n) is 12.3. The van der Waals surface area contributed by atoms with Crippen LogP contribution >= 0.6 is 0 Å². The third-order valence-electron chi connectivity index (χ3n) is 3.87. The summed E-state index contributed by atoms with van der Waals surface area (Å²) in [5.41, 5.74) is 0.713. The van der Waals surface area contributed by atoms with Crippen molar-refractivity contribution in [1.82, 2.24) is 10.2 Å². The van der Waals surface area contributed by atoms with Crippen molar-refractivity contribution >= 4 is 28.4 Å². The van der Waals surface area contributed by atoms with E-state index in [2.05, 4.69) is 10.6 Å². The summed E-state index contributed by atoms with van der Waals surface area (Å²) in [6.45, 7) is 1.64. The van der Waals surface area contributed by atoms with Gasteiger partial charge in [0, 0.05) is 18.8 Å². The van der Waals surface area contributed by atoms with Gasteiger partial charge in [-0.15, -0.1) is 0 Å². The van der Waals surface area contributed by atoms with Crippen LogP contribution in [0, 0.1) is 0 Å². The Balaban J connectivity index is 1.55. The number of carbonyl (C=O) groups excluding carboxylic acids is 2. The van der Waals surface area contributed by atoms with E-state index in [-0.39, 0.29) is 18.5 Å². The van der Waals surface area contributed by atoms with E-state index in [0.29, 0.717) is 5.69 Å². The molecule has 0 radical (unpaired) electrons. The van der Waals surface area contributed by atoms with Gasteiger partial charge in [-0.05, 0) is 35.7 Å². The number of fused-ring (bicyclic) bond motifs is 1. The molecule has 0 saturated carbocycles. The summed E-state index contributed by atoms with van der Waals surface area (Å²) in [4.78, 5) is 25.5. The van der Waals surface area contributed by atoms with Crippen LogP contribution in [0.3, 0.4) is 0 Å². The van der Waals surface area contributed by atoms with Crippen molar-refractivity contribution in [2.75, 3.05) is 25.0 Å². The molecule has 1 aliphatic heterocycles. The molecule has 0 aromatic heterocycles. The highest BCUT2D eigenvalue weighted by Gasteiger charge is 2.18. The second-order valence-corrected chi connectivity index (χ2v) is 5.46. The molecular weight excluding hydrogens is 278 g/mol. The topological polar surface area (TPSA) is 61.4 Å². The van der Waals surface area contributed by atoms with Crippen molar-refractivity contribution in [2.24, 2.45) is 0 Å². The van der Waals surface area contributed by atoms with Gasteiger partial charge in [0.05, 0.1) is 6.54 Å². The van der Waals surface area contributed by atoms with Crippen molar-refractivity contribution in [2.45, 2.75) is 12.8 Å². The number of hydrogen-bond acceptors (Lipinski definition) is 2. The summed E-state index contributed by atoms with van der Waals surface area (Å²) in [5.74, 6) is -0.0221. The van der Waals surface area contributed by atoms with Crippen LogP contribution in [-0.2, 0) is 4.79 Å². The molecule has 0 atom stereocenters. The first kappa shape index (κ1) is 14.4. The number of hydrogen-bond donors (Lipinski definition) is 2. The Kier molecular flexibility index (Phi) is 4.23. The lowest BCUT2D eigenvalue weighted by molar-refractivity contribution is -0.128. The van der Waals surface area contributed by atoms with Crippen LogP contribution in [0.4, 0.5) is 10.5 Å². The Labute approximate surface area is 129 Å². The molecule has 3 rings (SSSR count). The molecule has 1 heterocycles. The number of nitrogens with zero attached hydrogens (tertiary/aromatic N) is 1. The van der Waals surface area contributed by atoms with E-state index >= 15 is 0 Å². The normalized spacial score (nSPS) is 14.1. The zero-order chi connectivity index (χ0) is 15.4. The second-order valence-electron chi connectivity index (χ2n) is 5.46. The number of rotatable bonds is 3. The SMILES string of the molecule is O=C(NCC(=O)N1CCCC1)Nc1ccc2ccccc2c1. The van der Waals surface area contributed by atoms with Crippen LogP contribution in [0.5, 0.6) is 0 Å². The molecule has 1 fully saturated rings. The number of likely N-dealkylation sites (tertiary alicyclic amines) is 1. The van der Waals surface area contributed by atoms with Crippen molar-refractivity contribution in [3.05, 3.63) is 42.5 Å². The highest BCUT2D eigenvalue weighted by Crippen LogP contribution is 2.18. The first-order valence-electron chi connectivity index (χ1n) is 7.54. The molecule has 3 amide bonds. The molecule has 2 N–H and O–H groups in total. The van der Waals surface area contributed by atoms with Crippen molar-refractivity contribution in [1.29, 1.82) is 0 Å². The van der Waals surface area contributed by atoms with Gasteiger partial charge in [0.15, 0.2) is 0 Å². The van der Waals surface area contributed by atoms with Gasteiger partial charge in [0.1, 0.15) is 0 Å². The fraction of sp³-hybridized carbons (Fsp3) is 0.294. The van der Waals surface area contributed by atoms with Crippen molar-refractivity contribution in [3.8, 4) is 0 Å². The van der Waals surface area contributed by atoms with Crippen molar-refractivity contribution in [3.63, 3.8) is 0 Å². The third-order valence-corrected chi connectivity index (χ3v) is 3.87. The molecule has 5 heteroatoms. The van der Waals surface area contributed by atoms with Gasteiger partial charge in [0.25, 0.3) is 0 Å². The zero-order valence-corrected chi connectivity index (χ0v) is 12.3. The summed E-state index contributed by atoms with van der Waals surface area (Å²) in [7, 11) is 0. The molecule has 5 nitrogen and oxygen atoms in total. The maximum Gasteiger partial charge on any atom is 0.319 e. The lowest BCUT2D eigenvalue weighted by Gasteiger charge is -2.15. The number of carbonyl (C=O) groups is 2. The van der Waals surface area contributed by atoms with Gasteiger partial charge in [-0.2, -0.15) is 0 Å². The lowest BCUT2D eigenvalue weighted by atomic mass is 10.1. The Morgan fingerprint density at radius 3 is 2.50 bits per heavy atom. The number of urea groups is 1. The van der Waals surface area contributed by atoms with Crippen LogP contribution in [0.15, 0.2) is 42.5 Å². The molecule has 2 aromatic carbocycles. The van der Waals surface area contributed by atoms with E-state index in [4.69, 9.17) is 0 Å². The summed E-state index contributed by atoms with van der Waals surface area (Å²) >= 11 is 0. The molecule has 0 spiro atoms. The average molecular weight is 297 g/mol. The summed E-state index contributed by atoms with van der Waals surface area (Å²) in [6.07, 6.45) is 2.10. The lowest BCUT2D eigenvalue weighted by Crippen LogP contribution is -2.40. The largest absolute Gasteiger partial charge is 0.341 e. The summed E-state index contributed by atoms with van der Waals surface area (Å²) in [6, 6.07) is 13.3. The molecule has 1 aliphatic rings. The van der Waals surface area contributed by atoms with Crippen molar-refractivity contribution < 1.29 is 9.59 Å². The van der Waals surface area contributed by atoms with E-state index < -0.39 is 0 Å². The van der Waals surface area contributed by atoms with E-state index in [1.54, 1.807) is 4.90 Å². The van der Waals surface area contributed by atoms with Crippen LogP contribution in [0.2, 0.25) is 0 Å². The molecule has 0 bridgehead atoms. The quantitative estimate of drug-likeness (QED) is 0.914. The molecule has 0 unspecified atom stereocenters. The Morgan fingerprint density at radius 1 is 1.00 bits per heavy atom. The third kappa shape index (κ3) is 3.36. The summed E-state index contributed by atoms with van der Waals surface area (Å²) < 4.78 is 0. The van der Waals surface area contributed by atoms with Gasteiger partial charge < -0.3 is 15.5 Å². The maximum absolute atomic E-state index is 11.9. The molecule has 114 valence electrons. The van der Waals surface area contributed by atoms with Gasteiger partial charge in [-0.1, -0.05) is 30.3 Å². The number of amides is 3. The Bertz CT molecular complexity index is 693. The minimum Gasteiger partial charge on any atom is -0.341 e. The first-order chi connectivity index (χ1) is 10.7. The summed E-state index contributed by atoms with van der Waals surface area (Å²) in [5, 5.41) is 7.56. The fourth-order valence-electron chi connectivity index (χ4n) is 2.68. The smallest absolute Gasteiger partial charge is 0.319 e. The van der Waals surface area contributed by atoms with Crippen LogP contribution in [0.1, 0.15) is 12.8 Å². The molecule has 0 aliphatic carbocycles. The van der Waals surface area contributed by atoms with E-state index in [1.807, 2.05) is 42.5 Å². The van der Waals surface area contributed by atoms with Crippen LogP contribution in [-0.4, -0.2) is 36.5 Å². The average Bonchev–Trinajstić information content (AvgIpc) is 3.07. The second kappa shape index (κ2) is 6.47. The minimum atomic E-state index is -0.358. The number of nitrogens with one attached hydrogen (secondary N) is 2. The standard InChI is InChI=1S/C17H19N3O2/c21-16(20-9-3-4-10-20)12-18-17(22)19-15-8-7-13-5-1-2-6-14(13)11-15/h1-2,5-8,11H,3-4,9-10,12H2,(H2,18,19,22). The first-order valence-corrected chi connectivity index (χ1v) is 7.54. The van der Waals surface area contributed by atoms with E-state index in [0.717, 1.165) is 36.7 Å². The predicted octanol–water partition coefficient (Wildman–Crippen LogP) is 2.58.